The SMILES string of the molecule is CCCC(=O)N1CCCC1C(=O)Oc1ccc2oc3c(c2c1)CCCC3. The van der Waals surface area contributed by atoms with Crippen molar-refractivity contribution in [3.05, 3.63) is 29.5 Å². The number of nitrogens with zero attached hydrogens (tertiary/aromatic N) is 1. The van der Waals surface area contributed by atoms with E-state index < -0.39 is 6.04 Å². The lowest BCUT2D eigenvalue weighted by Gasteiger charge is -2.23. The van der Waals surface area contributed by atoms with Crippen LogP contribution in [0.3, 0.4) is 0 Å². The summed E-state index contributed by atoms with van der Waals surface area (Å²) in [7, 11) is 0. The number of carbonyl (C=O) groups is 2. The Morgan fingerprint density at radius 2 is 2.08 bits per heavy atom. The normalized spacial score (nSPS) is 19.6. The molecule has 1 amide bonds. The lowest BCUT2D eigenvalue weighted by Crippen LogP contribution is -2.42. The fourth-order valence-electron chi connectivity index (χ4n) is 4.16. The molecule has 2 aromatic rings. The molecule has 1 aromatic heterocycles. The van der Waals surface area contributed by atoms with Crippen LogP contribution in [-0.2, 0) is 22.4 Å². The van der Waals surface area contributed by atoms with E-state index in [1.807, 2.05) is 19.1 Å². The highest BCUT2D eigenvalue weighted by atomic mass is 16.5. The summed E-state index contributed by atoms with van der Waals surface area (Å²) in [5, 5.41) is 1.05. The number of fused-ring (bicyclic) bond motifs is 3. The Bertz CT molecular complexity index is 838. The first-order valence-corrected chi connectivity index (χ1v) is 9.73. The van der Waals surface area contributed by atoms with E-state index in [0.717, 1.165) is 48.8 Å². The molecule has 0 saturated carbocycles. The monoisotopic (exact) mass is 355 g/mol. The van der Waals surface area contributed by atoms with Crippen molar-refractivity contribution in [2.24, 2.45) is 0 Å². The van der Waals surface area contributed by atoms with Crippen LogP contribution in [0.25, 0.3) is 11.0 Å². The highest BCUT2D eigenvalue weighted by Gasteiger charge is 2.35. The number of carbonyl (C=O) groups excluding carboxylic acids is 2. The number of hydrogen-bond acceptors (Lipinski definition) is 4. The van der Waals surface area contributed by atoms with E-state index in [-0.39, 0.29) is 11.9 Å². The molecule has 0 N–H and O–H groups in total. The van der Waals surface area contributed by atoms with Gasteiger partial charge < -0.3 is 14.1 Å². The minimum Gasteiger partial charge on any atom is -0.461 e. The third kappa shape index (κ3) is 3.11. The summed E-state index contributed by atoms with van der Waals surface area (Å²) in [5.74, 6) is 1.32. The summed E-state index contributed by atoms with van der Waals surface area (Å²) in [6, 6.07) is 5.12. The van der Waals surface area contributed by atoms with Gasteiger partial charge in [0.05, 0.1) is 0 Å². The van der Waals surface area contributed by atoms with Gasteiger partial charge in [0.1, 0.15) is 23.1 Å². The number of aryl methyl sites for hydroxylation is 2. The lowest BCUT2D eigenvalue weighted by atomic mass is 9.96. The third-order valence-corrected chi connectivity index (χ3v) is 5.45. The molecule has 1 unspecified atom stereocenters. The summed E-state index contributed by atoms with van der Waals surface area (Å²) in [4.78, 5) is 26.6. The fourth-order valence-corrected chi connectivity index (χ4v) is 4.16. The first kappa shape index (κ1) is 17.1. The smallest absolute Gasteiger partial charge is 0.334 e. The molecule has 2 heterocycles. The predicted octanol–water partition coefficient (Wildman–Crippen LogP) is 4.01. The molecular weight excluding hydrogens is 330 g/mol. The number of rotatable bonds is 4. The van der Waals surface area contributed by atoms with E-state index in [1.54, 1.807) is 11.0 Å². The van der Waals surface area contributed by atoms with E-state index in [9.17, 15) is 9.59 Å². The van der Waals surface area contributed by atoms with E-state index in [4.69, 9.17) is 9.15 Å². The van der Waals surface area contributed by atoms with Crippen LogP contribution in [0.1, 0.15) is 56.8 Å². The van der Waals surface area contributed by atoms with Crippen molar-refractivity contribution in [2.75, 3.05) is 6.54 Å². The lowest BCUT2D eigenvalue weighted by molar-refractivity contribution is -0.146. The van der Waals surface area contributed by atoms with Gasteiger partial charge in [-0.1, -0.05) is 6.92 Å². The first-order chi connectivity index (χ1) is 12.7. The minimum atomic E-state index is -0.456. The Morgan fingerprint density at radius 1 is 1.23 bits per heavy atom. The Labute approximate surface area is 153 Å². The topological polar surface area (TPSA) is 59.8 Å². The largest absolute Gasteiger partial charge is 0.461 e. The molecule has 1 saturated heterocycles. The third-order valence-electron chi connectivity index (χ3n) is 5.45. The van der Waals surface area contributed by atoms with E-state index in [1.165, 1.54) is 12.0 Å². The van der Waals surface area contributed by atoms with Crippen LogP contribution in [0.5, 0.6) is 5.75 Å². The average Bonchev–Trinajstić information content (AvgIpc) is 3.26. The van der Waals surface area contributed by atoms with Gasteiger partial charge in [-0.25, -0.2) is 4.79 Å². The van der Waals surface area contributed by atoms with Crippen molar-refractivity contribution < 1.29 is 18.7 Å². The molecule has 5 nitrogen and oxygen atoms in total. The van der Waals surface area contributed by atoms with E-state index >= 15 is 0 Å². The summed E-state index contributed by atoms with van der Waals surface area (Å²) in [6.07, 6.45) is 7.13. The van der Waals surface area contributed by atoms with Crippen LogP contribution < -0.4 is 4.74 Å². The number of esters is 1. The maximum atomic E-state index is 12.7. The fraction of sp³-hybridized carbons (Fsp3) is 0.524. The van der Waals surface area contributed by atoms with Gasteiger partial charge >= 0.3 is 5.97 Å². The number of benzene rings is 1. The van der Waals surface area contributed by atoms with Gasteiger partial charge in [0, 0.05) is 30.3 Å². The van der Waals surface area contributed by atoms with Crippen molar-refractivity contribution >= 4 is 22.8 Å². The average molecular weight is 355 g/mol. The quantitative estimate of drug-likeness (QED) is 0.614. The van der Waals surface area contributed by atoms with Crippen LogP contribution in [-0.4, -0.2) is 29.4 Å². The number of amides is 1. The molecule has 0 bridgehead atoms. The Hall–Kier alpha value is -2.30. The van der Waals surface area contributed by atoms with Crippen molar-refractivity contribution in [3.63, 3.8) is 0 Å². The maximum absolute atomic E-state index is 12.7. The minimum absolute atomic E-state index is 0.0475. The van der Waals surface area contributed by atoms with Gasteiger partial charge in [0.25, 0.3) is 0 Å². The van der Waals surface area contributed by atoms with Crippen molar-refractivity contribution in [1.29, 1.82) is 0 Å². The molecule has 5 heteroatoms. The van der Waals surface area contributed by atoms with E-state index in [2.05, 4.69) is 0 Å². The van der Waals surface area contributed by atoms with Crippen molar-refractivity contribution in [3.8, 4) is 5.75 Å². The van der Waals surface area contributed by atoms with Gasteiger partial charge in [-0.3, -0.25) is 4.79 Å². The molecule has 0 radical (unpaired) electrons. The van der Waals surface area contributed by atoms with Crippen LogP contribution in [0.15, 0.2) is 22.6 Å². The highest BCUT2D eigenvalue weighted by molar-refractivity contribution is 5.88. The molecule has 1 fully saturated rings. The summed E-state index contributed by atoms with van der Waals surface area (Å²) < 4.78 is 11.6. The van der Waals surface area contributed by atoms with Crippen LogP contribution in [0, 0.1) is 0 Å². The molecule has 138 valence electrons. The molecule has 1 aromatic carbocycles. The molecule has 2 aliphatic rings. The molecular formula is C21H25NO4. The van der Waals surface area contributed by atoms with Crippen LogP contribution >= 0.6 is 0 Å². The van der Waals surface area contributed by atoms with Crippen LogP contribution in [0.2, 0.25) is 0 Å². The Morgan fingerprint density at radius 3 is 2.92 bits per heavy atom. The molecule has 1 atom stereocenters. The summed E-state index contributed by atoms with van der Waals surface area (Å²) in [5.41, 5.74) is 2.11. The molecule has 1 aliphatic carbocycles. The first-order valence-electron chi connectivity index (χ1n) is 9.73. The van der Waals surface area contributed by atoms with E-state index in [0.29, 0.717) is 25.1 Å². The predicted molar refractivity (Wildman–Crippen MR) is 98.1 cm³/mol. The molecule has 0 spiro atoms. The van der Waals surface area contributed by atoms with Crippen molar-refractivity contribution in [1.82, 2.24) is 4.90 Å². The van der Waals surface area contributed by atoms with Crippen molar-refractivity contribution in [2.45, 2.75) is 64.3 Å². The van der Waals surface area contributed by atoms with Gasteiger partial charge in [-0.2, -0.15) is 0 Å². The van der Waals surface area contributed by atoms with Gasteiger partial charge in [-0.15, -0.1) is 0 Å². The molecule has 1 aliphatic heterocycles. The summed E-state index contributed by atoms with van der Waals surface area (Å²) >= 11 is 0. The van der Waals surface area contributed by atoms with Crippen LogP contribution in [0.4, 0.5) is 0 Å². The highest BCUT2D eigenvalue weighted by Crippen LogP contribution is 2.34. The Kier molecular flexibility index (Phi) is 4.70. The molecule has 26 heavy (non-hydrogen) atoms. The Balaban J connectivity index is 1.53. The second kappa shape index (κ2) is 7.14. The second-order valence-corrected chi connectivity index (χ2v) is 7.29. The second-order valence-electron chi connectivity index (χ2n) is 7.29. The standard InChI is InChI=1S/C21H25NO4/c1-2-6-20(23)22-12-5-8-17(22)21(24)25-14-10-11-19-16(13-14)15-7-3-4-9-18(15)26-19/h10-11,13,17H,2-9,12H2,1H3. The van der Waals surface area contributed by atoms with Gasteiger partial charge in [-0.05, 0) is 56.7 Å². The number of likely N-dealkylation sites (tertiary alicyclic amines) is 1. The summed E-state index contributed by atoms with van der Waals surface area (Å²) in [6.45, 7) is 2.62. The zero-order chi connectivity index (χ0) is 18.1. The molecule has 4 rings (SSSR count). The maximum Gasteiger partial charge on any atom is 0.334 e. The zero-order valence-electron chi connectivity index (χ0n) is 15.3. The number of ether oxygens (including phenoxy) is 1. The number of hydrogen-bond donors (Lipinski definition) is 0. The van der Waals surface area contributed by atoms with Gasteiger partial charge in [0.15, 0.2) is 0 Å². The number of furan rings is 1. The zero-order valence-corrected chi connectivity index (χ0v) is 15.3. The van der Waals surface area contributed by atoms with Gasteiger partial charge in [0.2, 0.25) is 5.91 Å².